The predicted octanol–water partition coefficient (Wildman–Crippen LogP) is 4.21. The molecule has 1 aliphatic heterocycles. The van der Waals surface area contributed by atoms with Gasteiger partial charge in [-0.05, 0) is 42.5 Å². The van der Waals surface area contributed by atoms with E-state index in [-0.39, 0.29) is 18.0 Å². The highest BCUT2D eigenvalue weighted by Gasteiger charge is 2.34. The van der Waals surface area contributed by atoms with E-state index in [9.17, 15) is 22.8 Å². The smallest absolute Gasteiger partial charge is 0.378 e. The number of nitrogens with one attached hydrogen (secondary N) is 2. The normalized spacial score (nSPS) is 16.2. The lowest BCUT2D eigenvalue weighted by atomic mass is 10.1. The zero-order valence-corrected chi connectivity index (χ0v) is 15.9. The van der Waals surface area contributed by atoms with Crippen LogP contribution < -0.4 is 15.5 Å². The van der Waals surface area contributed by atoms with Crippen LogP contribution >= 0.6 is 11.8 Å². The number of benzene rings is 2. The fraction of sp³-hybridized carbons (Fsp3) is 0.263. The van der Waals surface area contributed by atoms with Gasteiger partial charge in [-0.15, -0.1) is 11.8 Å². The lowest BCUT2D eigenvalue weighted by Gasteiger charge is -2.24. The van der Waals surface area contributed by atoms with Crippen molar-refractivity contribution in [2.45, 2.75) is 22.7 Å². The number of nitrogens with zero attached hydrogens (tertiary/aromatic N) is 1. The summed E-state index contributed by atoms with van der Waals surface area (Å²) in [6.45, 7) is 0. The second-order valence-corrected chi connectivity index (χ2v) is 7.74. The summed E-state index contributed by atoms with van der Waals surface area (Å²) >= 11 is 1.08. The van der Waals surface area contributed by atoms with Crippen LogP contribution in [-0.2, 0) is 15.8 Å². The van der Waals surface area contributed by atoms with E-state index in [0.717, 1.165) is 29.6 Å². The van der Waals surface area contributed by atoms with Crippen LogP contribution in [0.1, 0.15) is 12.0 Å². The summed E-state index contributed by atoms with van der Waals surface area (Å²) < 4.78 is 38.4. The van der Waals surface area contributed by atoms with Gasteiger partial charge in [-0.1, -0.05) is 0 Å². The highest BCUT2D eigenvalue weighted by Crippen LogP contribution is 2.40. The molecule has 0 saturated heterocycles. The molecule has 2 aromatic rings. The number of carbonyl (C=O) groups is 2. The molecule has 0 aromatic heterocycles. The summed E-state index contributed by atoms with van der Waals surface area (Å²) in [4.78, 5) is 26.9. The van der Waals surface area contributed by atoms with Crippen LogP contribution in [0.15, 0.2) is 47.4 Å². The maximum absolute atomic E-state index is 12.8. The fourth-order valence-corrected chi connectivity index (χ4v) is 3.78. The largest absolute Gasteiger partial charge is 0.416 e. The van der Waals surface area contributed by atoms with Gasteiger partial charge in [-0.3, -0.25) is 9.59 Å². The van der Waals surface area contributed by atoms with E-state index in [1.54, 1.807) is 12.1 Å². The zero-order valence-electron chi connectivity index (χ0n) is 15.1. The average molecular weight is 409 g/mol. The molecular formula is C19H18F3N3O2S. The lowest BCUT2D eigenvalue weighted by Crippen LogP contribution is -2.32. The molecule has 3 rings (SSSR count). The van der Waals surface area contributed by atoms with Crippen molar-refractivity contribution in [3.63, 3.8) is 0 Å². The Labute approximate surface area is 164 Å². The van der Waals surface area contributed by atoms with Crippen LogP contribution in [0.2, 0.25) is 0 Å². The van der Waals surface area contributed by atoms with Crippen molar-refractivity contribution in [1.29, 1.82) is 0 Å². The number of hydrogen-bond donors (Lipinski definition) is 2. The van der Waals surface area contributed by atoms with Crippen molar-refractivity contribution < 1.29 is 22.8 Å². The zero-order chi connectivity index (χ0) is 20.5. The molecule has 148 valence electrons. The third kappa shape index (κ3) is 4.59. The second kappa shape index (κ2) is 7.75. The number of hydrogen-bond acceptors (Lipinski definition) is 4. The van der Waals surface area contributed by atoms with Crippen molar-refractivity contribution in [1.82, 2.24) is 0 Å². The molecule has 2 N–H and O–H groups in total. The van der Waals surface area contributed by atoms with Gasteiger partial charge < -0.3 is 15.5 Å². The fourth-order valence-electron chi connectivity index (χ4n) is 2.68. The molecule has 1 heterocycles. The summed E-state index contributed by atoms with van der Waals surface area (Å²) in [6, 6.07) is 10.4. The van der Waals surface area contributed by atoms with Crippen LogP contribution in [0, 0.1) is 0 Å². The van der Waals surface area contributed by atoms with Crippen LogP contribution in [0.25, 0.3) is 0 Å². The van der Waals surface area contributed by atoms with Gasteiger partial charge in [-0.2, -0.15) is 13.2 Å². The Morgan fingerprint density at radius 3 is 2.46 bits per heavy atom. The molecule has 0 saturated carbocycles. The molecule has 0 radical (unpaired) electrons. The number of carbonyl (C=O) groups excluding carboxylic acids is 2. The van der Waals surface area contributed by atoms with Crippen molar-refractivity contribution in [2.75, 3.05) is 29.6 Å². The number of alkyl halides is 3. The highest BCUT2D eigenvalue weighted by atomic mass is 32.2. The molecule has 1 unspecified atom stereocenters. The van der Waals surface area contributed by atoms with Gasteiger partial charge in [0.1, 0.15) is 0 Å². The standard InChI is InChI=1S/C19H18F3N3O2S/c1-25(2)13-6-4-12(5-7-13)23-17(26)10-16-18(27)24-14-9-11(19(20,21)22)3-8-15(14)28-16/h3-9,16H,10H2,1-2H3,(H,23,26)(H,24,27). The maximum atomic E-state index is 12.8. The number of fused-ring (bicyclic) bond motifs is 1. The molecule has 0 aliphatic carbocycles. The molecule has 0 bridgehead atoms. The van der Waals surface area contributed by atoms with E-state index in [2.05, 4.69) is 10.6 Å². The number of amides is 2. The quantitative estimate of drug-likeness (QED) is 0.794. The van der Waals surface area contributed by atoms with Crippen LogP contribution in [0.5, 0.6) is 0 Å². The summed E-state index contributed by atoms with van der Waals surface area (Å²) in [6.07, 6.45) is -4.57. The van der Waals surface area contributed by atoms with E-state index in [4.69, 9.17) is 0 Å². The van der Waals surface area contributed by atoms with E-state index in [1.165, 1.54) is 6.07 Å². The second-order valence-electron chi connectivity index (χ2n) is 6.50. The van der Waals surface area contributed by atoms with Gasteiger partial charge in [-0.25, -0.2) is 0 Å². The summed E-state index contributed by atoms with van der Waals surface area (Å²) in [5, 5.41) is 4.48. The molecule has 2 amide bonds. The Balaban J connectivity index is 1.65. The molecule has 1 atom stereocenters. The molecule has 0 spiro atoms. The third-order valence-corrected chi connectivity index (χ3v) is 5.44. The molecule has 1 aliphatic rings. The maximum Gasteiger partial charge on any atom is 0.416 e. The van der Waals surface area contributed by atoms with Gasteiger partial charge in [0.05, 0.1) is 16.5 Å². The van der Waals surface area contributed by atoms with E-state index in [0.29, 0.717) is 10.6 Å². The minimum atomic E-state index is -4.48. The first kappa shape index (κ1) is 20.1. The molecule has 0 fully saturated rings. The monoisotopic (exact) mass is 409 g/mol. The molecule has 2 aromatic carbocycles. The van der Waals surface area contributed by atoms with Gasteiger partial charge in [0.2, 0.25) is 11.8 Å². The highest BCUT2D eigenvalue weighted by molar-refractivity contribution is 8.01. The lowest BCUT2D eigenvalue weighted by molar-refractivity contribution is -0.137. The Bertz CT molecular complexity index is 898. The van der Waals surface area contributed by atoms with Gasteiger partial charge in [0.15, 0.2) is 0 Å². The predicted molar refractivity (Wildman–Crippen MR) is 104 cm³/mol. The van der Waals surface area contributed by atoms with Crippen molar-refractivity contribution in [3.05, 3.63) is 48.0 Å². The van der Waals surface area contributed by atoms with Crippen molar-refractivity contribution in [2.24, 2.45) is 0 Å². The van der Waals surface area contributed by atoms with Crippen LogP contribution in [-0.4, -0.2) is 31.2 Å². The molecular weight excluding hydrogens is 391 g/mol. The third-order valence-electron chi connectivity index (χ3n) is 4.16. The van der Waals surface area contributed by atoms with Gasteiger partial charge in [0.25, 0.3) is 0 Å². The van der Waals surface area contributed by atoms with E-state index >= 15 is 0 Å². The Hall–Kier alpha value is -2.68. The first-order valence-corrected chi connectivity index (χ1v) is 9.27. The van der Waals surface area contributed by atoms with Crippen molar-refractivity contribution in [3.8, 4) is 0 Å². The van der Waals surface area contributed by atoms with Gasteiger partial charge >= 0.3 is 6.18 Å². The Morgan fingerprint density at radius 1 is 1.18 bits per heavy atom. The van der Waals surface area contributed by atoms with E-state index < -0.39 is 22.9 Å². The Kier molecular flexibility index (Phi) is 5.55. The SMILES string of the molecule is CN(C)c1ccc(NC(=O)CC2Sc3ccc(C(F)(F)F)cc3NC2=O)cc1. The average Bonchev–Trinajstić information content (AvgIpc) is 2.61. The number of thioether (sulfide) groups is 1. The number of anilines is 3. The van der Waals surface area contributed by atoms with Crippen LogP contribution in [0.4, 0.5) is 30.2 Å². The molecule has 28 heavy (non-hydrogen) atoms. The number of rotatable bonds is 4. The van der Waals surface area contributed by atoms with Crippen molar-refractivity contribution >= 4 is 40.6 Å². The summed E-state index contributed by atoms with van der Waals surface area (Å²) in [5.41, 5.74) is 0.868. The van der Waals surface area contributed by atoms with E-state index in [1.807, 2.05) is 31.1 Å². The molecule has 5 nitrogen and oxygen atoms in total. The summed E-state index contributed by atoms with van der Waals surface area (Å²) in [7, 11) is 3.81. The number of halogens is 3. The minimum absolute atomic E-state index is 0.0909. The summed E-state index contributed by atoms with van der Waals surface area (Å²) in [5.74, 6) is -0.837. The topological polar surface area (TPSA) is 61.4 Å². The Morgan fingerprint density at radius 2 is 1.86 bits per heavy atom. The van der Waals surface area contributed by atoms with Crippen LogP contribution in [0.3, 0.4) is 0 Å². The van der Waals surface area contributed by atoms with Gasteiger partial charge in [0, 0.05) is 36.8 Å². The molecule has 9 heteroatoms. The first-order valence-electron chi connectivity index (χ1n) is 8.39. The first-order chi connectivity index (χ1) is 13.1. The minimum Gasteiger partial charge on any atom is -0.378 e.